The Morgan fingerprint density at radius 3 is 2.35 bits per heavy atom. The first-order valence-electron chi connectivity index (χ1n) is 6.78. The van der Waals surface area contributed by atoms with Crippen molar-refractivity contribution in [2.45, 2.75) is 13.5 Å². The molecule has 0 radical (unpaired) electrons. The number of benzene rings is 2. The third-order valence-corrected chi connectivity index (χ3v) is 2.90. The van der Waals surface area contributed by atoms with Crippen LogP contribution in [0.15, 0.2) is 77.8 Å². The molecule has 100 valence electrons. The summed E-state index contributed by atoms with van der Waals surface area (Å²) < 4.78 is 0. The number of hydrogen-bond acceptors (Lipinski definition) is 1. The van der Waals surface area contributed by atoms with E-state index in [0.717, 1.165) is 6.54 Å². The maximum absolute atomic E-state index is 4.35. The minimum Gasteiger partial charge on any atom is -0.288 e. The van der Waals surface area contributed by atoms with E-state index in [2.05, 4.69) is 54.4 Å². The molecule has 0 saturated heterocycles. The van der Waals surface area contributed by atoms with Crippen molar-refractivity contribution >= 4 is 12.3 Å². The van der Waals surface area contributed by atoms with Gasteiger partial charge in [-0.05, 0) is 24.1 Å². The monoisotopic (exact) mass is 261 g/mol. The van der Waals surface area contributed by atoms with Crippen molar-refractivity contribution in [2.24, 2.45) is 4.99 Å². The van der Waals surface area contributed by atoms with Gasteiger partial charge in [-0.15, -0.1) is 0 Å². The Hall–Kier alpha value is -2.41. The van der Waals surface area contributed by atoms with Crippen LogP contribution in [0.2, 0.25) is 0 Å². The summed E-state index contributed by atoms with van der Waals surface area (Å²) in [4.78, 5) is 4.35. The minimum absolute atomic E-state index is 0.729. The number of hydrogen-bond donors (Lipinski definition) is 0. The molecule has 1 nitrogen and oxygen atoms in total. The predicted molar refractivity (Wildman–Crippen MR) is 88.0 cm³/mol. The maximum atomic E-state index is 4.35. The Balaban J connectivity index is 1.77. The van der Waals surface area contributed by atoms with Crippen molar-refractivity contribution in [2.75, 3.05) is 0 Å². The lowest BCUT2D eigenvalue weighted by atomic mass is 10.1. The molecule has 0 spiro atoms. The molecule has 0 aliphatic rings. The molecule has 0 aromatic heterocycles. The molecular weight excluding hydrogens is 242 g/mol. The van der Waals surface area contributed by atoms with Crippen molar-refractivity contribution in [1.82, 2.24) is 0 Å². The summed E-state index contributed by atoms with van der Waals surface area (Å²) in [5.74, 6) is 0. The lowest BCUT2D eigenvalue weighted by Crippen LogP contribution is -1.79. The lowest BCUT2D eigenvalue weighted by molar-refractivity contribution is 1.08. The Kier molecular flexibility index (Phi) is 5.53. The highest BCUT2D eigenvalue weighted by molar-refractivity contribution is 5.72. The van der Waals surface area contributed by atoms with E-state index in [-0.39, 0.29) is 0 Å². The molecule has 0 N–H and O–H groups in total. The van der Waals surface area contributed by atoms with Gasteiger partial charge in [-0.25, -0.2) is 0 Å². The van der Waals surface area contributed by atoms with E-state index in [4.69, 9.17) is 0 Å². The van der Waals surface area contributed by atoms with Gasteiger partial charge in [0.05, 0.1) is 6.54 Å². The molecule has 0 amide bonds. The van der Waals surface area contributed by atoms with E-state index in [1.807, 2.05) is 42.6 Å². The molecule has 0 saturated carbocycles. The Bertz CT molecular complexity index is 589. The standard InChI is InChI=1S/C19H19N/c1-17-11-13-18(14-12-17)8-6-3-7-15-20-16-19-9-4-2-5-10-19/h2-15H,16H2,1H3/b7-3+,8-6+,20-15?. The molecule has 0 aliphatic heterocycles. The minimum atomic E-state index is 0.729. The van der Waals surface area contributed by atoms with Crippen molar-refractivity contribution in [3.05, 3.63) is 89.5 Å². The number of nitrogens with zero attached hydrogens (tertiary/aromatic N) is 1. The van der Waals surface area contributed by atoms with Crippen molar-refractivity contribution < 1.29 is 0 Å². The molecule has 0 bridgehead atoms. The topological polar surface area (TPSA) is 12.4 Å². The average molecular weight is 261 g/mol. The number of aryl methyl sites for hydroxylation is 1. The van der Waals surface area contributed by atoms with Crippen LogP contribution in [0.4, 0.5) is 0 Å². The molecular formula is C19H19N. The number of rotatable bonds is 5. The van der Waals surface area contributed by atoms with E-state index in [9.17, 15) is 0 Å². The van der Waals surface area contributed by atoms with E-state index >= 15 is 0 Å². The molecule has 2 aromatic rings. The SMILES string of the molecule is Cc1ccc(/C=C/C=C/C=NCc2ccccc2)cc1. The summed E-state index contributed by atoms with van der Waals surface area (Å²) in [6.07, 6.45) is 9.90. The smallest absolute Gasteiger partial charge is 0.0639 e. The molecule has 0 heterocycles. The van der Waals surface area contributed by atoms with Gasteiger partial charge in [0.25, 0.3) is 0 Å². The van der Waals surface area contributed by atoms with Crippen molar-refractivity contribution in [1.29, 1.82) is 0 Å². The van der Waals surface area contributed by atoms with Gasteiger partial charge >= 0.3 is 0 Å². The van der Waals surface area contributed by atoms with Crippen LogP contribution in [0.25, 0.3) is 6.08 Å². The fraction of sp³-hybridized carbons (Fsp3) is 0.105. The second-order valence-corrected chi connectivity index (χ2v) is 4.63. The molecule has 2 rings (SSSR count). The van der Waals surface area contributed by atoms with Gasteiger partial charge < -0.3 is 0 Å². The van der Waals surface area contributed by atoms with Gasteiger partial charge in [-0.3, -0.25) is 4.99 Å². The summed E-state index contributed by atoms with van der Waals surface area (Å²) >= 11 is 0. The fourth-order valence-corrected chi connectivity index (χ4v) is 1.76. The molecule has 2 aromatic carbocycles. The Morgan fingerprint density at radius 2 is 1.60 bits per heavy atom. The lowest BCUT2D eigenvalue weighted by Gasteiger charge is -1.93. The first-order chi connectivity index (χ1) is 9.84. The summed E-state index contributed by atoms with van der Waals surface area (Å²) in [7, 11) is 0. The van der Waals surface area contributed by atoms with Crippen LogP contribution in [0.1, 0.15) is 16.7 Å². The summed E-state index contributed by atoms with van der Waals surface area (Å²) in [5, 5.41) is 0. The van der Waals surface area contributed by atoms with Crippen molar-refractivity contribution in [3.63, 3.8) is 0 Å². The highest BCUT2D eigenvalue weighted by Gasteiger charge is 1.85. The average Bonchev–Trinajstić information content (AvgIpc) is 2.49. The zero-order chi connectivity index (χ0) is 14.0. The van der Waals surface area contributed by atoms with Crippen LogP contribution in [0, 0.1) is 6.92 Å². The van der Waals surface area contributed by atoms with Gasteiger partial charge in [0, 0.05) is 6.21 Å². The van der Waals surface area contributed by atoms with Crippen LogP contribution in [-0.2, 0) is 6.54 Å². The van der Waals surface area contributed by atoms with Gasteiger partial charge in [-0.1, -0.05) is 78.4 Å². The van der Waals surface area contributed by atoms with E-state index < -0.39 is 0 Å². The second-order valence-electron chi connectivity index (χ2n) is 4.63. The van der Waals surface area contributed by atoms with E-state index in [0.29, 0.717) is 0 Å². The first-order valence-corrected chi connectivity index (χ1v) is 6.78. The Morgan fingerprint density at radius 1 is 0.850 bits per heavy atom. The van der Waals surface area contributed by atoms with Crippen LogP contribution in [0.5, 0.6) is 0 Å². The zero-order valence-electron chi connectivity index (χ0n) is 11.7. The van der Waals surface area contributed by atoms with Crippen LogP contribution >= 0.6 is 0 Å². The molecule has 0 unspecified atom stereocenters. The third kappa shape index (κ3) is 5.07. The molecule has 0 fully saturated rings. The number of aliphatic imine (C=N–C) groups is 1. The highest BCUT2D eigenvalue weighted by Crippen LogP contribution is 2.04. The number of allylic oxidation sites excluding steroid dienone is 3. The zero-order valence-corrected chi connectivity index (χ0v) is 11.7. The molecule has 0 atom stereocenters. The van der Waals surface area contributed by atoms with Gasteiger partial charge in [0.2, 0.25) is 0 Å². The Labute approximate surface area is 121 Å². The van der Waals surface area contributed by atoms with Crippen LogP contribution < -0.4 is 0 Å². The fourth-order valence-electron chi connectivity index (χ4n) is 1.76. The largest absolute Gasteiger partial charge is 0.288 e. The van der Waals surface area contributed by atoms with Crippen LogP contribution in [-0.4, -0.2) is 6.21 Å². The summed E-state index contributed by atoms with van der Waals surface area (Å²) in [6.45, 7) is 2.82. The first kappa shape index (κ1) is 14.0. The second kappa shape index (κ2) is 7.90. The van der Waals surface area contributed by atoms with Crippen molar-refractivity contribution in [3.8, 4) is 0 Å². The predicted octanol–water partition coefficient (Wildman–Crippen LogP) is 4.84. The molecule has 20 heavy (non-hydrogen) atoms. The summed E-state index contributed by atoms with van der Waals surface area (Å²) in [6, 6.07) is 18.7. The quantitative estimate of drug-likeness (QED) is 0.539. The van der Waals surface area contributed by atoms with Gasteiger partial charge in [0.1, 0.15) is 0 Å². The van der Waals surface area contributed by atoms with E-state index in [1.54, 1.807) is 0 Å². The highest BCUT2D eigenvalue weighted by atomic mass is 14.7. The third-order valence-electron chi connectivity index (χ3n) is 2.90. The summed E-state index contributed by atoms with van der Waals surface area (Å²) in [5.41, 5.74) is 3.72. The maximum Gasteiger partial charge on any atom is 0.0639 e. The molecule has 1 heteroatoms. The van der Waals surface area contributed by atoms with Gasteiger partial charge in [0.15, 0.2) is 0 Å². The van der Waals surface area contributed by atoms with Crippen LogP contribution in [0.3, 0.4) is 0 Å². The van der Waals surface area contributed by atoms with E-state index in [1.165, 1.54) is 16.7 Å². The van der Waals surface area contributed by atoms with Gasteiger partial charge in [-0.2, -0.15) is 0 Å². The normalized spacial score (nSPS) is 11.8. The molecule has 0 aliphatic carbocycles.